The Morgan fingerprint density at radius 1 is 1.00 bits per heavy atom. The Kier molecular flexibility index (Phi) is 5.89. The third-order valence-electron chi connectivity index (χ3n) is 6.43. The number of carbonyl (C=O) groups excluding carboxylic acids is 2. The molecule has 0 radical (unpaired) electrons. The number of aliphatic imine (C=N–C) groups is 1. The predicted octanol–water partition coefficient (Wildman–Crippen LogP) is 6.04. The van der Waals surface area contributed by atoms with Crippen molar-refractivity contribution in [3.8, 4) is 0 Å². The third-order valence-corrected chi connectivity index (χ3v) is 6.43. The first kappa shape index (κ1) is 23.1. The lowest BCUT2D eigenvalue weighted by molar-refractivity contribution is -0.117. The fourth-order valence-electron chi connectivity index (χ4n) is 4.84. The number of fused-ring (bicyclic) bond motifs is 1. The highest BCUT2D eigenvalue weighted by molar-refractivity contribution is 6.25. The van der Waals surface area contributed by atoms with Gasteiger partial charge in [0, 0.05) is 32.1 Å². The van der Waals surface area contributed by atoms with Crippen LogP contribution < -0.4 is 0 Å². The molecule has 0 amide bonds. The summed E-state index contributed by atoms with van der Waals surface area (Å²) in [5.74, 6) is 0.550. The lowest BCUT2D eigenvalue weighted by atomic mass is 9.73. The van der Waals surface area contributed by atoms with Gasteiger partial charge in [-0.25, -0.2) is 0 Å². The van der Waals surface area contributed by atoms with Gasteiger partial charge >= 0.3 is 0 Å². The minimum atomic E-state index is -0.227. The minimum Gasteiger partial charge on any atom is -0.511 e. The first-order valence-corrected chi connectivity index (χ1v) is 11.5. The lowest BCUT2D eigenvalue weighted by Crippen LogP contribution is -2.32. The Morgan fingerprint density at radius 2 is 1.64 bits per heavy atom. The van der Waals surface area contributed by atoms with Crippen LogP contribution in [0.1, 0.15) is 80.8 Å². The molecule has 1 fully saturated rings. The van der Waals surface area contributed by atoms with Gasteiger partial charge in [0.25, 0.3) is 0 Å². The van der Waals surface area contributed by atoms with Gasteiger partial charge in [-0.3, -0.25) is 14.6 Å². The topological polar surface area (TPSA) is 92.8 Å². The van der Waals surface area contributed by atoms with Gasteiger partial charge in [0.15, 0.2) is 11.6 Å². The molecule has 6 nitrogen and oxygen atoms in total. The van der Waals surface area contributed by atoms with Crippen molar-refractivity contribution < 1.29 is 19.2 Å². The third kappa shape index (κ3) is 5.00. The summed E-state index contributed by atoms with van der Waals surface area (Å²) in [5, 5.41) is 15.1. The Labute approximate surface area is 194 Å². The lowest BCUT2D eigenvalue weighted by Gasteiger charge is -2.31. The van der Waals surface area contributed by atoms with Crippen LogP contribution >= 0.6 is 0 Å². The van der Waals surface area contributed by atoms with E-state index >= 15 is 0 Å². The van der Waals surface area contributed by atoms with Gasteiger partial charge in [0.05, 0.1) is 28.2 Å². The van der Waals surface area contributed by atoms with Gasteiger partial charge in [-0.05, 0) is 36.3 Å². The number of allylic oxidation sites excluding steroid dienone is 2. The van der Waals surface area contributed by atoms with E-state index in [-0.39, 0.29) is 34.6 Å². The molecule has 1 saturated carbocycles. The van der Waals surface area contributed by atoms with Crippen molar-refractivity contribution in [1.29, 1.82) is 0 Å². The molecule has 2 aliphatic rings. The fraction of sp³-hybridized carbons (Fsp3) is 0.481. The van der Waals surface area contributed by atoms with Crippen LogP contribution in [0, 0.1) is 17.8 Å². The standard InChI is InChI=1S/C27H32N2O4/c1-16-6-8-17(9-7-16)28-19-12-26(2,3)13-21(31)24(19)20(30)11-10-18-25-22(32)14-27(4,5)15-23(25)33-29-18/h6-9,30H,10-15H2,1-5H3. The van der Waals surface area contributed by atoms with Crippen molar-refractivity contribution in [3.05, 3.63) is 58.2 Å². The minimum absolute atomic E-state index is 0.00157. The molecule has 0 atom stereocenters. The number of aryl methyl sites for hydroxylation is 2. The van der Waals surface area contributed by atoms with Crippen molar-refractivity contribution in [1.82, 2.24) is 5.16 Å². The number of rotatable bonds is 4. The summed E-state index contributed by atoms with van der Waals surface area (Å²) in [6.07, 6.45) is 2.58. The Hall–Kier alpha value is -3.02. The highest BCUT2D eigenvalue weighted by Crippen LogP contribution is 2.38. The van der Waals surface area contributed by atoms with Crippen LogP contribution in [0.5, 0.6) is 0 Å². The maximum absolute atomic E-state index is 13.0. The van der Waals surface area contributed by atoms with Crippen LogP contribution in [0.25, 0.3) is 0 Å². The number of nitrogens with zero attached hydrogens (tertiary/aromatic N) is 2. The summed E-state index contributed by atoms with van der Waals surface area (Å²) in [6.45, 7) is 10.2. The highest BCUT2D eigenvalue weighted by Gasteiger charge is 2.38. The number of hydrogen-bond donors (Lipinski definition) is 1. The normalized spacial score (nSPS) is 22.4. The van der Waals surface area contributed by atoms with E-state index in [0.717, 1.165) is 11.3 Å². The van der Waals surface area contributed by atoms with Gasteiger partial charge in [-0.1, -0.05) is 50.5 Å². The first-order valence-electron chi connectivity index (χ1n) is 11.5. The zero-order valence-electron chi connectivity index (χ0n) is 20.1. The number of hydrogen-bond acceptors (Lipinski definition) is 6. The van der Waals surface area contributed by atoms with Crippen molar-refractivity contribution in [3.63, 3.8) is 0 Å². The molecule has 0 saturated heterocycles. The molecular formula is C27H32N2O4. The Balaban J connectivity index is 1.63. The maximum Gasteiger partial charge on any atom is 0.168 e. The smallest absolute Gasteiger partial charge is 0.168 e. The first-order chi connectivity index (χ1) is 15.4. The average Bonchev–Trinajstić information content (AvgIpc) is 3.08. The van der Waals surface area contributed by atoms with Crippen molar-refractivity contribution in [2.45, 2.75) is 73.1 Å². The maximum atomic E-state index is 13.0. The van der Waals surface area contributed by atoms with E-state index in [1.165, 1.54) is 0 Å². The molecule has 1 aromatic carbocycles. The molecule has 33 heavy (non-hydrogen) atoms. The van der Waals surface area contributed by atoms with Crippen LogP contribution in [-0.2, 0) is 17.6 Å². The van der Waals surface area contributed by atoms with Gasteiger partial charge in [-0.2, -0.15) is 0 Å². The molecule has 1 N–H and O–H groups in total. The molecule has 1 aromatic heterocycles. The zero-order chi connectivity index (χ0) is 24.0. The molecule has 174 valence electrons. The summed E-state index contributed by atoms with van der Waals surface area (Å²) in [4.78, 5) is 30.5. The number of aromatic nitrogens is 1. The van der Waals surface area contributed by atoms with Crippen LogP contribution in [0.15, 0.2) is 45.1 Å². The molecule has 0 aliphatic heterocycles. The number of Topliss-reactive ketones (excluding diaryl/α,β-unsaturated/α-hetero) is 2. The quantitative estimate of drug-likeness (QED) is 0.454. The van der Waals surface area contributed by atoms with Gasteiger partial charge in [-0.15, -0.1) is 0 Å². The van der Waals surface area contributed by atoms with Crippen molar-refractivity contribution >= 4 is 23.0 Å². The van der Waals surface area contributed by atoms with Gasteiger partial charge < -0.3 is 9.63 Å². The van der Waals surface area contributed by atoms with E-state index in [4.69, 9.17) is 9.52 Å². The molecular weight excluding hydrogens is 416 g/mol. The van der Waals surface area contributed by atoms with E-state index in [0.29, 0.717) is 60.4 Å². The number of benzene rings is 1. The largest absolute Gasteiger partial charge is 0.511 e. The van der Waals surface area contributed by atoms with E-state index in [1.54, 1.807) is 0 Å². The van der Waals surface area contributed by atoms with Crippen LogP contribution in [0.4, 0.5) is 5.69 Å². The summed E-state index contributed by atoms with van der Waals surface area (Å²) < 4.78 is 5.47. The van der Waals surface area contributed by atoms with Crippen molar-refractivity contribution in [2.75, 3.05) is 0 Å². The highest BCUT2D eigenvalue weighted by atomic mass is 16.5. The SMILES string of the molecule is Cc1ccc(N=C2CC(C)(C)CC(=O)C2=C(O)CCc2noc3c2C(=O)CC(C)(C)C3)cc1. The Morgan fingerprint density at radius 3 is 2.33 bits per heavy atom. The second-order valence-corrected chi connectivity index (χ2v) is 11.0. The summed E-state index contributed by atoms with van der Waals surface area (Å²) in [6, 6.07) is 7.78. The molecule has 1 heterocycles. The molecule has 4 rings (SSSR count). The molecule has 2 aromatic rings. The molecule has 0 spiro atoms. The number of carbonyl (C=O) groups is 2. The average molecular weight is 449 g/mol. The summed E-state index contributed by atoms with van der Waals surface area (Å²) in [5.41, 5.74) is 3.53. The van der Waals surface area contributed by atoms with Crippen LogP contribution in [0.2, 0.25) is 0 Å². The van der Waals surface area contributed by atoms with Crippen molar-refractivity contribution in [2.24, 2.45) is 15.8 Å². The molecule has 6 heteroatoms. The molecule has 0 unspecified atom stereocenters. The van der Waals surface area contributed by atoms with Crippen LogP contribution in [0.3, 0.4) is 0 Å². The van der Waals surface area contributed by atoms with E-state index in [1.807, 2.05) is 58.9 Å². The van der Waals surface area contributed by atoms with E-state index in [2.05, 4.69) is 5.16 Å². The molecule has 0 bridgehead atoms. The van der Waals surface area contributed by atoms with Gasteiger partial charge in [0.2, 0.25) is 0 Å². The monoisotopic (exact) mass is 448 g/mol. The van der Waals surface area contributed by atoms with Crippen LogP contribution in [-0.4, -0.2) is 27.5 Å². The van der Waals surface area contributed by atoms with E-state index in [9.17, 15) is 14.7 Å². The van der Waals surface area contributed by atoms with E-state index < -0.39 is 0 Å². The predicted molar refractivity (Wildman–Crippen MR) is 127 cm³/mol. The fourth-order valence-corrected chi connectivity index (χ4v) is 4.84. The number of ketones is 2. The summed E-state index contributed by atoms with van der Waals surface area (Å²) in [7, 11) is 0. The second-order valence-electron chi connectivity index (χ2n) is 11.0. The number of aliphatic hydroxyl groups is 1. The zero-order valence-corrected chi connectivity index (χ0v) is 20.1. The Bertz CT molecular complexity index is 1160. The molecule has 2 aliphatic carbocycles. The summed E-state index contributed by atoms with van der Waals surface area (Å²) >= 11 is 0. The second kappa shape index (κ2) is 8.40. The van der Waals surface area contributed by atoms with Gasteiger partial charge in [0.1, 0.15) is 11.5 Å². The number of aliphatic hydroxyl groups excluding tert-OH is 1.